The van der Waals surface area contributed by atoms with Crippen molar-refractivity contribution in [1.82, 2.24) is 20.1 Å². The molecule has 0 spiro atoms. The fourth-order valence-electron chi connectivity index (χ4n) is 2.17. The Hall–Kier alpha value is -2.21. The molecule has 0 saturated carbocycles. The van der Waals surface area contributed by atoms with Crippen LogP contribution in [0.4, 0.5) is 0 Å². The van der Waals surface area contributed by atoms with Crippen LogP contribution in [0, 0.1) is 5.92 Å². The summed E-state index contributed by atoms with van der Waals surface area (Å²) in [7, 11) is 0. The van der Waals surface area contributed by atoms with E-state index in [-0.39, 0.29) is 18.4 Å². The van der Waals surface area contributed by atoms with Crippen molar-refractivity contribution in [2.75, 3.05) is 13.2 Å². The number of hydrogen-bond donors (Lipinski definition) is 2. The molecule has 22 heavy (non-hydrogen) atoms. The molecule has 0 fully saturated rings. The van der Waals surface area contributed by atoms with Crippen molar-refractivity contribution in [3.05, 3.63) is 36.2 Å². The summed E-state index contributed by atoms with van der Waals surface area (Å²) >= 11 is 0. The molecule has 1 atom stereocenters. The van der Waals surface area contributed by atoms with E-state index in [9.17, 15) is 4.79 Å². The monoisotopic (exact) mass is 302 g/mol. The van der Waals surface area contributed by atoms with Crippen LogP contribution in [0.15, 0.2) is 30.6 Å². The fourth-order valence-corrected chi connectivity index (χ4v) is 2.17. The highest BCUT2D eigenvalue weighted by Crippen LogP contribution is 2.17. The predicted molar refractivity (Wildman–Crippen MR) is 84.3 cm³/mol. The van der Waals surface area contributed by atoms with Gasteiger partial charge in [-0.2, -0.15) is 0 Å². The third kappa shape index (κ3) is 3.92. The van der Waals surface area contributed by atoms with Gasteiger partial charge in [-0.1, -0.05) is 19.1 Å². The van der Waals surface area contributed by atoms with Crippen LogP contribution in [0.5, 0.6) is 0 Å². The average molecular weight is 302 g/mol. The van der Waals surface area contributed by atoms with Gasteiger partial charge in [0.05, 0.1) is 0 Å². The first-order chi connectivity index (χ1) is 10.7. The smallest absolute Gasteiger partial charge is 0.251 e. The lowest BCUT2D eigenvalue weighted by Gasteiger charge is -2.11. The summed E-state index contributed by atoms with van der Waals surface area (Å²) in [5.74, 6) is 0.954. The van der Waals surface area contributed by atoms with Crippen molar-refractivity contribution in [1.29, 1.82) is 0 Å². The Kier molecular flexibility index (Phi) is 5.66. The average Bonchev–Trinajstić information content (AvgIpc) is 3.01. The van der Waals surface area contributed by atoms with Crippen molar-refractivity contribution < 1.29 is 9.90 Å². The number of aliphatic hydroxyl groups is 1. The van der Waals surface area contributed by atoms with Crippen LogP contribution >= 0.6 is 0 Å². The lowest BCUT2D eigenvalue weighted by Crippen LogP contribution is -2.28. The summed E-state index contributed by atoms with van der Waals surface area (Å²) in [6.45, 7) is 5.53. The van der Waals surface area contributed by atoms with Gasteiger partial charge >= 0.3 is 0 Å². The minimum atomic E-state index is -0.103. The molecule has 0 saturated heterocycles. The zero-order valence-corrected chi connectivity index (χ0v) is 13.0. The van der Waals surface area contributed by atoms with Gasteiger partial charge in [0.15, 0.2) is 5.82 Å². The molecule has 2 rings (SSSR count). The first kappa shape index (κ1) is 16.2. The number of aliphatic hydroxyl groups excluding tert-OH is 1. The van der Waals surface area contributed by atoms with E-state index in [1.165, 1.54) is 0 Å². The third-order valence-electron chi connectivity index (χ3n) is 3.59. The van der Waals surface area contributed by atoms with E-state index in [4.69, 9.17) is 5.11 Å². The Balaban J connectivity index is 2.01. The maximum absolute atomic E-state index is 12.1. The van der Waals surface area contributed by atoms with Gasteiger partial charge in [-0.25, -0.2) is 0 Å². The number of aromatic nitrogens is 3. The van der Waals surface area contributed by atoms with Crippen LogP contribution in [0.3, 0.4) is 0 Å². The number of nitrogens with zero attached hydrogens (tertiary/aromatic N) is 3. The van der Waals surface area contributed by atoms with E-state index in [2.05, 4.69) is 15.5 Å². The van der Waals surface area contributed by atoms with E-state index in [0.717, 1.165) is 17.9 Å². The minimum absolute atomic E-state index is 0.103. The summed E-state index contributed by atoms with van der Waals surface area (Å²) in [4.78, 5) is 12.1. The molecule has 0 bridgehead atoms. The van der Waals surface area contributed by atoms with Crippen molar-refractivity contribution in [3.8, 4) is 11.4 Å². The van der Waals surface area contributed by atoms with Crippen LogP contribution in [0.2, 0.25) is 0 Å². The Labute approximate surface area is 130 Å². The Bertz CT molecular complexity index is 607. The van der Waals surface area contributed by atoms with Crippen LogP contribution in [-0.4, -0.2) is 38.9 Å². The predicted octanol–water partition coefficient (Wildman–Crippen LogP) is 1.71. The van der Waals surface area contributed by atoms with Crippen molar-refractivity contribution >= 4 is 5.91 Å². The molecule has 2 aromatic rings. The first-order valence-electron chi connectivity index (χ1n) is 7.53. The van der Waals surface area contributed by atoms with Gasteiger partial charge in [0, 0.05) is 30.8 Å². The first-order valence-corrected chi connectivity index (χ1v) is 7.53. The number of aryl methyl sites for hydroxylation is 1. The second-order valence-electron chi connectivity index (χ2n) is 5.35. The van der Waals surface area contributed by atoms with E-state index in [0.29, 0.717) is 18.5 Å². The molecule has 0 radical (unpaired) electrons. The lowest BCUT2D eigenvalue weighted by molar-refractivity contribution is 0.0945. The molecule has 1 heterocycles. The molecule has 1 aromatic carbocycles. The normalized spacial score (nSPS) is 12.1. The highest BCUT2D eigenvalue weighted by atomic mass is 16.3. The van der Waals surface area contributed by atoms with E-state index in [1.807, 2.05) is 30.5 Å². The molecule has 0 aliphatic rings. The maximum Gasteiger partial charge on any atom is 0.251 e. The van der Waals surface area contributed by atoms with Crippen LogP contribution < -0.4 is 5.32 Å². The standard InChI is InChI=1S/C16H22N4O2/c1-3-20-11-18-19-15(20)13-4-6-14(7-5-13)16(22)17-10-12(2)8-9-21/h4-7,11-12,21H,3,8-10H2,1-2H3,(H,17,22). The Morgan fingerprint density at radius 3 is 2.73 bits per heavy atom. The van der Waals surface area contributed by atoms with Gasteiger partial charge in [-0.3, -0.25) is 4.79 Å². The van der Waals surface area contributed by atoms with Crippen LogP contribution in [0.1, 0.15) is 30.6 Å². The Morgan fingerprint density at radius 1 is 1.36 bits per heavy atom. The zero-order valence-electron chi connectivity index (χ0n) is 13.0. The number of benzene rings is 1. The summed E-state index contributed by atoms with van der Waals surface area (Å²) in [5, 5.41) is 19.7. The highest BCUT2D eigenvalue weighted by molar-refractivity contribution is 5.94. The van der Waals surface area contributed by atoms with Gasteiger partial charge in [0.1, 0.15) is 6.33 Å². The molecule has 6 heteroatoms. The third-order valence-corrected chi connectivity index (χ3v) is 3.59. The molecule has 2 N–H and O–H groups in total. The second-order valence-corrected chi connectivity index (χ2v) is 5.35. The van der Waals surface area contributed by atoms with Crippen molar-refractivity contribution in [3.63, 3.8) is 0 Å². The fraction of sp³-hybridized carbons (Fsp3) is 0.438. The Morgan fingerprint density at radius 2 is 2.09 bits per heavy atom. The maximum atomic E-state index is 12.1. The molecule has 0 aliphatic carbocycles. The van der Waals surface area contributed by atoms with E-state index >= 15 is 0 Å². The van der Waals surface area contributed by atoms with Crippen LogP contribution in [-0.2, 0) is 6.54 Å². The summed E-state index contributed by atoms with van der Waals surface area (Å²) in [5.41, 5.74) is 1.55. The quantitative estimate of drug-likeness (QED) is 0.816. The topological polar surface area (TPSA) is 80.0 Å². The number of rotatable bonds is 7. The second kappa shape index (κ2) is 7.70. The molecular formula is C16H22N4O2. The van der Waals surface area contributed by atoms with Gasteiger partial charge in [0.2, 0.25) is 0 Å². The molecule has 6 nitrogen and oxygen atoms in total. The van der Waals surface area contributed by atoms with E-state index < -0.39 is 0 Å². The SMILES string of the molecule is CCn1cnnc1-c1ccc(C(=O)NCC(C)CCO)cc1. The van der Waals surface area contributed by atoms with Gasteiger partial charge < -0.3 is 15.0 Å². The summed E-state index contributed by atoms with van der Waals surface area (Å²) in [6, 6.07) is 7.33. The van der Waals surface area contributed by atoms with Crippen LogP contribution in [0.25, 0.3) is 11.4 Å². The minimum Gasteiger partial charge on any atom is -0.396 e. The van der Waals surface area contributed by atoms with Crippen molar-refractivity contribution in [2.45, 2.75) is 26.8 Å². The zero-order chi connectivity index (χ0) is 15.9. The number of amides is 1. The summed E-state index contributed by atoms with van der Waals surface area (Å²) < 4.78 is 1.95. The number of carbonyl (C=O) groups is 1. The molecule has 1 aromatic heterocycles. The van der Waals surface area contributed by atoms with Crippen molar-refractivity contribution in [2.24, 2.45) is 5.92 Å². The number of hydrogen-bond acceptors (Lipinski definition) is 4. The number of nitrogens with one attached hydrogen (secondary N) is 1. The molecular weight excluding hydrogens is 280 g/mol. The molecule has 1 amide bonds. The molecule has 118 valence electrons. The largest absolute Gasteiger partial charge is 0.396 e. The summed E-state index contributed by atoms with van der Waals surface area (Å²) in [6.07, 6.45) is 2.38. The molecule has 1 unspecified atom stereocenters. The van der Waals surface area contributed by atoms with Gasteiger partial charge in [-0.05, 0) is 31.4 Å². The lowest BCUT2D eigenvalue weighted by atomic mass is 10.1. The van der Waals surface area contributed by atoms with Gasteiger partial charge in [-0.15, -0.1) is 10.2 Å². The van der Waals surface area contributed by atoms with E-state index in [1.54, 1.807) is 18.5 Å². The highest BCUT2D eigenvalue weighted by Gasteiger charge is 2.10. The number of carbonyl (C=O) groups excluding carboxylic acids is 1. The molecule has 0 aliphatic heterocycles. The van der Waals surface area contributed by atoms with Gasteiger partial charge in [0.25, 0.3) is 5.91 Å².